The molecule has 0 N–H and O–H groups in total. The van der Waals surface area contributed by atoms with Crippen LogP contribution >= 0.6 is 0 Å². The molecule has 1 saturated carbocycles. The average molecular weight is 340 g/mol. The van der Waals surface area contributed by atoms with Gasteiger partial charge in [-0.05, 0) is 31.9 Å². The maximum atomic E-state index is 13.5. The molecule has 0 radical (unpaired) electrons. The van der Waals surface area contributed by atoms with Gasteiger partial charge in [0, 0.05) is 30.6 Å². The van der Waals surface area contributed by atoms with Crippen molar-refractivity contribution in [3.05, 3.63) is 48.6 Å². The molecule has 1 fully saturated rings. The van der Waals surface area contributed by atoms with Gasteiger partial charge in [-0.2, -0.15) is 10.2 Å². The van der Waals surface area contributed by atoms with E-state index in [9.17, 15) is 4.39 Å². The molecule has 1 unspecified atom stereocenters. The highest BCUT2D eigenvalue weighted by atomic mass is 19.1. The first-order chi connectivity index (χ1) is 12.2. The predicted octanol–water partition coefficient (Wildman–Crippen LogP) is 3.59. The maximum Gasteiger partial charge on any atom is 0.183 e. The van der Waals surface area contributed by atoms with Crippen molar-refractivity contribution in [3.8, 4) is 11.4 Å². The average Bonchev–Trinajstić information content (AvgIpc) is 3.36. The van der Waals surface area contributed by atoms with Gasteiger partial charge in [0.15, 0.2) is 5.82 Å². The van der Waals surface area contributed by atoms with Crippen LogP contribution in [0.15, 0.2) is 36.9 Å². The molecular weight excluding hydrogens is 319 g/mol. The van der Waals surface area contributed by atoms with Gasteiger partial charge < -0.3 is 0 Å². The van der Waals surface area contributed by atoms with Crippen LogP contribution in [0.3, 0.4) is 0 Å². The molecule has 0 saturated heterocycles. The van der Waals surface area contributed by atoms with Gasteiger partial charge in [0.25, 0.3) is 0 Å². The summed E-state index contributed by atoms with van der Waals surface area (Å²) in [5.74, 6) is 1.09. The summed E-state index contributed by atoms with van der Waals surface area (Å²) in [4.78, 5) is 8.64. The van der Waals surface area contributed by atoms with Crippen molar-refractivity contribution in [3.63, 3.8) is 0 Å². The molecule has 4 rings (SSSR count). The van der Waals surface area contributed by atoms with Crippen LogP contribution in [0, 0.1) is 5.82 Å². The Morgan fingerprint density at radius 3 is 2.84 bits per heavy atom. The quantitative estimate of drug-likeness (QED) is 0.712. The van der Waals surface area contributed by atoms with E-state index in [1.807, 2.05) is 21.6 Å². The molecule has 1 aliphatic carbocycles. The predicted molar refractivity (Wildman–Crippen MR) is 91.4 cm³/mol. The number of hydrogen-bond acceptors (Lipinski definition) is 4. The van der Waals surface area contributed by atoms with Gasteiger partial charge >= 0.3 is 0 Å². The third-order valence-corrected chi connectivity index (χ3v) is 4.79. The van der Waals surface area contributed by atoms with E-state index < -0.39 is 0 Å². The van der Waals surface area contributed by atoms with Gasteiger partial charge in [0.1, 0.15) is 11.6 Å². The lowest BCUT2D eigenvalue weighted by Crippen LogP contribution is -2.16. The van der Waals surface area contributed by atoms with Crippen LogP contribution in [0.2, 0.25) is 0 Å². The van der Waals surface area contributed by atoms with E-state index in [0.717, 1.165) is 25.1 Å². The summed E-state index contributed by atoms with van der Waals surface area (Å²) in [6.45, 7) is 2.12. The van der Waals surface area contributed by atoms with Crippen LogP contribution in [-0.4, -0.2) is 29.5 Å². The highest BCUT2D eigenvalue weighted by molar-refractivity contribution is 5.52. The molecule has 0 amide bonds. The molecule has 0 aromatic carbocycles. The van der Waals surface area contributed by atoms with E-state index >= 15 is 0 Å². The topological polar surface area (TPSA) is 61.4 Å². The van der Waals surface area contributed by atoms with Crippen molar-refractivity contribution < 1.29 is 4.39 Å². The SMILES string of the molecule is CC(Cc1nc(-c2cncc(F)c2)nn1C1CCCC1)n1cccn1. The Labute approximate surface area is 145 Å². The molecular formula is C18H21FN6. The van der Waals surface area contributed by atoms with E-state index in [4.69, 9.17) is 10.1 Å². The Kier molecular flexibility index (Phi) is 4.29. The van der Waals surface area contributed by atoms with Crippen molar-refractivity contribution in [1.82, 2.24) is 29.5 Å². The second kappa shape index (κ2) is 6.74. The second-order valence-electron chi connectivity index (χ2n) is 6.67. The summed E-state index contributed by atoms with van der Waals surface area (Å²) >= 11 is 0. The summed E-state index contributed by atoms with van der Waals surface area (Å²) in [6.07, 6.45) is 11.9. The Balaban J connectivity index is 1.68. The van der Waals surface area contributed by atoms with E-state index in [1.165, 1.54) is 25.1 Å². The lowest BCUT2D eigenvalue weighted by Gasteiger charge is -2.16. The lowest BCUT2D eigenvalue weighted by atomic mass is 10.2. The Morgan fingerprint density at radius 1 is 1.28 bits per heavy atom. The van der Waals surface area contributed by atoms with Gasteiger partial charge in [0.2, 0.25) is 0 Å². The van der Waals surface area contributed by atoms with Crippen molar-refractivity contribution in [2.75, 3.05) is 0 Å². The first-order valence-corrected chi connectivity index (χ1v) is 8.76. The molecule has 0 aliphatic heterocycles. The molecule has 130 valence electrons. The van der Waals surface area contributed by atoms with Gasteiger partial charge in [-0.3, -0.25) is 9.67 Å². The first-order valence-electron chi connectivity index (χ1n) is 8.76. The molecule has 7 heteroatoms. The number of halogens is 1. The van der Waals surface area contributed by atoms with Gasteiger partial charge in [0.05, 0.1) is 18.3 Å². The largest absolute Gasteiger partial charge is 0.270 e. The fourth-order valence-corrected chi connectivity index (χ4v) is 3.49. The molecule has 25 heavy (non-hydrogen) atoms. The van der Waals surface area contributed by atoms with Crippen LogP contribution < -0.4 is 0 Å². The van der Waals surface area contributed by atoms with E-state index in [1.54, 1.807) is 12.4 Å². The van der Waals surface area contributed by atoms with Gasteiger partial charge in [-0.25, -0.2) is 14.1 Å². The zero-order valence-corrected chi connectivity index (χ0v) is 14.2. The van der Waals surface area contributed by atoms with Crippen LogP contribution in [-0.2, 0) is 6.42 Å². The highest BCUT2D eigenvalue weighted by Gasteiger charge is 2.24. The molecule has 3 heterocycles. The standard InChI is InChI=1S/C18H21FN6/c1-13(24-8-4-7-21-24)9-17-22-18(14-10-15(19)12-20-11-14)23-25(17)16-5-2-3-6-16/h4,7-8,10-13,16H,2-3,5-6,9H2,1H3. The molecule has 3 aromatic rings. The summed E-state index contributed by atoms with van der Waals surface area (Å²) < 4.78 is 17.5. The maximum absolute atomic E-state index is 13.5. The van der Waals surface area contributed by atoms with Crippen molar-refractivity contribution in [1.29, 1.82) is 0 Å². The fourth-order valence-electron chi connectivity index (χ4n) is 3.49. The van der Waals surface area contributed by atoms with Crippen LogP contribution in [0.5, 0.6) is 0 Å². The van der Waals surface area contributed by atoms with E-state index in [0.29, 0.717) is 17.4 Å². The van der Waals surface area contributed by atoms with Crippen molar-refractivity contribution in [2.45, 2.75) is 51.1 Å². The Morgan fingerprint density at radius 2 is 2.12 bits per heavy atom. The Bertz CT molecular complexity index is 835. The highest BCUT2D eigenvalue weighted by Crippen LogP contribution is 2.31. The van der Waals surface area contributed by atoms with Crippen molar-refractivity contribution in [2.24, 2.45) is 0 Å². The number of aromatic nitrogens is 6. The van der Waals surface area contributed by atoms with Crippen molar-refractivity contribution >= 4 is 0 Å². The molecule has 1 aliphatic rings. The smallest absolute Gasteiger partial charge is 0.183 e. The van der Waals surface area contributed by atoms with E-state index in [2.05, 4.69) is 17.0 Å². The monoisotopic (exact) mass is 340 g/mol. The minimum atomic E-state index is -0.374. The van der Waals surface area contributed by atoms with Gasteiger partial charge in [-0.1, -0.05) is 12.8 Å². The van der Waals surface area contributed by atoms with Crippen LogP contribution in [0.25, 0.3) is 11.4 Å². The number of nitrogens with zero attached hydrogens (tertiary/aromatic N) is 6. The molecule has 3 aromatic heterocycles. The number of hydrogen-bond donors (Lipinski definition) is 0. The minimum absolute atomic E-state index is 0.179. The summed E-state index contributed by atoms with van der Waals surface area (Å²) in [5.41, 5.74) is 0.615. The minimum Gasteiger partial charge on any atom is -0.270 e. The number of rotatable bonds is 5. The summed E-state index contributed by atoms with van der Waals surface area (Å²) in [5, 5.41) is 9.02. The van der Waals surface area contributed by atoms with Gasteiger partial charge in [-0.15, -0.1) is 0 Å². The second-order valence-corrected chi connectivity index (χ2v) is 6.67. The third kappa shape index (κ3) is 3.31. The zero-order valence-electron chi connectivity index (χ0n) is 14.2. The third-order valence-electron chi connectivity index (χ3n) is 4.79. The number of pyridine rings is 1. The van der Waals surface area contributed by atoms with E-state index in [-0.39, 0.29) is 11.9 Å². The summed E-state index contributed by atoms with van der Waals surface area (Å²) in [7, 11) is 0. The lowest BCUT2D eigenvalue weighted by molar-refractivity contribution is 0.415. The molecule has 0 bridgehead atoms. The molecule has 1 atom stereocenters. The molecule has 6 nitrogen and oxygen atoms in total. The molecule has 0 spiro atoms. The summed E-state index contributed by atoms with van der Waals surface area (Å²) in [6, 6.07) is 3.91. The Hall–Kier alpha value is -2.57. The van der Waals surface area contributed by atoms with Crippen LogP contribution in [0.4, 0.5) is 4.39 Å². The fraction of sp³-hybridized carbons (Fsp3) is 0.444. The first kappa shape index (κ1) is 15.9. The normalized spacial score (nSPS) is 16.4. The van der Waals surface area contributed by atoms with Crippen LogP contribution in [0.1, 0.15) is 50.5 Å². The zero-order chi connectivity index (χ0) is 17.2.